The van der Waals surface area contributed by atoms with Crippen molar-refractivity contribution in [3.05, 3.63) is 47.7 Å². The molecule has 3 N–H and O–H groups in total. The van der Waals surface area contributed by atoms with Crippen LogP contribution in [-0.2, 0) is 4.79 Å². The lowest BCUT2D eigenvalue weighted by Gasteiger charge is -2.36. The Kier molecular flexibility index (Phi) is 4.91. The number of hydrogen-bond donors (Lipinski definition) is 2. The number of carbonyl (C=O) groups excluding carboxylic acids is 2. The topological polar surface area (TPSA) is 97.4 Å². The number of thioether (sulfide) groups is 1. The second-order valence-electron chi connectivity index (χ2n) is 6.15. The van der Waals surface area contributed by atoms with E-state index in [0.29, 0.717) is 17.0 Å². The lowest BCUT2D eigenvalue weighted by atomic mass is 9.78. The predicted octanol–water partition coefficient (Wildman–Crippen LogP) is 2.15. The number of rotatable bonds is 4. The van der Waals surface area contributed by atoms with Gasteiger partial charge in [-0.25, -0.2) is 4.98 Å². The van der Waals surface area contributed by atoms with Crippen LogP contribution in [0.3, 0.4) is 0 Å². The van der Waals surface area contributed by atoms with E-state index in [1.807, 2.05) is 18.2 Å². The average molecular weight is 354 g/mol. The first-order valence-electron chi connectivity index (χ1n) is 7.93. The van der Waals surface area contributed by atoms with Gasteiger partial charge in [-0.15, -0.1) is 0 Å². The van der Waals surface area contributed by atoms with Gasteiger partial charge >= 0.3 is 0 Å². The Labute approximate surface area is 150 Å². The zero-order valence-corrected chi connectivity index (χ0v) is 14.6. The molecule has 0 bridgehead atoms. The van der Waals surface area contributed by atoms with Crippen molar-refractivity contribution in [3.8, 4) is 0 Å². The Hall–Kier alpha value is -2.59. The molecule has 2 heterocycles. The molecular weight excluding hydrogens is 336 g/mol. The van der Waals surface area contributed by atoms with Gasteiger partial charge < -0.3 is 5.73 Å². The summed E-state index contributed by atoms with van der Waals surface area (Å²) >= 11 is 1.58. The lowest BCUT2D eigenvalue weighted by molar-refractivity contribution is -0.112. The van der Waals surface area contributed by atoms with Gasteiger partial charge in [0.15, 0.2) is 17.3 Å². The molecule has 2 unspecified atom stereocenters. The number of anilines is 1. The number of carbonyl (C=O) groups is 2. The van der Waals surface area contributed by atoms with E-state index in [-0.39, 0.29) is 28.7 Å². The highest BCUT2D eigenvalue weighted by Crippen LogP contribution is 2.37. The molecular formula is C18H18N4O2S. The quantitative estimate of drug-likeness (QED) is 0.808. The number of nitrogens with one attached hydrogen (secondary N) is 1. The highest BCUT2D eigenvalue weighted by molar-refractivity contribution is 8.13. The molecule has 1 aromatic rings. The molecule has 1 aromatic heterocycles. The largest absolute Gasteiger partial charge is 0.379 e. The van der Waals surface area contributed by atoms with Crippen molar-refractivity contribution in [2.75, 3.05) is 11.1 Å². The molecule has 128 valence electrons. The molecule has 1 aliphatic carbocycles. The first-order chi connectivity index (χ1) is 12.0. The van der Waals surface area contributed by atoms with Crippen LogP contribution in [0.25, 0.3) is 0 Å². The van der Waals surface area contributed by atoms with Crippen molar-refractivity contribution < 1.29 is 9.59 Å². The van der Waals surface area contributed by atoms with E-state index >= 15 is 0 Å². The Morgan fingerprint density at radius 1 is 1.52 bits per heavy atom. The van der Waals surface area contributed by atoms with Crippen LogP contribution in [0.2, 0.25) is 0 Å². The van der Waals surface area contributed by atoms with Crippen molar-refractivity contribution in [1.29, 1.82) is 0 Å². The van der Waals surface area contributed by atoms with Gasteiger partial charge in [0, 0.05) is 23.4 Å². The molecule has 6 nitrogen and oxygen atoms in total. The normalized spacial score (nSPS) is 25.4. The standard InChI is InChI=1S/C18H18N4O2S/c1-18(8-9-25-17(19)22-18)14-5-3-13(4-6-14)16(24)21-15-7-2-12(11-23)10-20-15/h3-5,10-11,14H,6,8-9H2,1H3,(H2,19,22)(H,20,21,24). The summed E-state index contributed by atoms with van der Waals surface area (Å²) in [4.78, 5) is 31.5. The number of allylic oxidation sites excluding steroid dienone is 1. The van der Waals surface area contributed by atoms with Gasteiger partial charge in [-0.05, 0) is 25.8 Å². The van der Waals surface area contributed by atoms with E-state index in [2.05, 4.69) is 34.3 Å². The Bertz CT molecular complexity index is 770. The number of amidine groups is 1. The number of aliphatic imine (C=N–C) groups is 1. The van der Waals surface area contributed by atoms with E-state index in [1.54, 1.807) is 11.8 Å². The summed E-state index contributed by atoms with van der Waals surface area (Å²) in [5.41, 5.74) is 6.50. The van der Waals surface area contributed by atoms with E-state index in [4.69, 9.17) is 5.73 Å². The maximum absolute atomic E-state index is 12.3. The summed E-state index contributed by atoms with van der Waals surface area (Å²) < 4.78 is 0. The highest BCUT2D eigenvalue weighted by Gasteiger charge is 2.35. The zero-order valence-electron chi connectivity index (χ0n) is 13.8. The minimum atomic E-state index is -0.266. The molecule has 0 saturated carbocycles. The molecule has 0 aromatic carbocycles. The maximum Gasteiger partial charge on any atom is 0.256 e. The van der Waals surface area contributed by atoms with E-state index in [0.717, 1.165) is 18.6 Å². The Morgan fingerprint density at radius 3 is 2.96 bits per heavy atom. The van der Waals surface area contributed by atoms with Gasteiger partial charge in [0.05, 0.1) is 11.1 Å². The minimum absolute atomic E-state index is 0.216. The fraction of sp³-hybridized carbons (Fsp3) is 0.333. The van der Waals surface area contributed by atoms with Crippen LogP contribution in [0.5, 0.6) is 0 Å². The summed E-state index contributed by atoms with van der Waals surface area (Å²) in [6.45, 7) is 2.11. The summed E-state index contributed by atoms with van der Waals surface area (Å²) in [5, 5.41) is 3.28. The third-order valence-electron chi connectivity index (χ3n) is 4.40. The van der Waals surface area contributed by atoms with Crippen molar-refractivity contribution in [2.45, 2.75) is 25.3 Å². The average Bonchev–Trinajstić information content (AvgIpc) is 2.62. The Balaban J connectivity index is 1.64. The summed E-state index contributed by atoms with van der Waals surface area (Å²) in [7, 11) is 0. The predicted molar refractivity (Wildman–Crippen MR) is 98.4 cm³/mol. The van der Waals surface area contributed by atoms with Gasteiger partial charge in [-0.2, -0.15) is 0 Å². The maximum atomic E-state index is 12.3. The van der Waals surface area contributed by atoms with Crippen molar-refractivity contribution in [2.24, 2.45) is 16.6 Å². The smallest absolute Gasteiger partial charge is 0.256 e. The van der Waals surface area contributed by atoms with Gasteiger partial charge in [-0.3, -0.25) is 19.9 Å². The summed E-state index contributed by atoms with van der Waals surface area (Å²) in [6.07, 6.45) is 9.39. The van der Waals surface area contributed by atoms with Gasteiger partial charge in [0.25, 0.3) is 5.91 Å². The van der Waals surface area contributed by atoms with Crippen LogP contribution in [0, 0.1) is 18.1 Å². The molecule has 0 saturated heterocycles. The van der Waals surface area contributed by atoms with Gasteiger partial charge in [0.2, 0.25) is 0 Å². The third kappa shape index (κ3) is 3.91. The van der Waals surface area contributed by atoms with Gasteiger partial charge in [-0.1, -0.05) is 36.1 Å². The zero-order chi connectivity index (χ0) is 17.9. The number of hydrogen-bond acceptors (Lipinski definition) is 6. The number of aromatic nitrogens is 1. The number of nitrogens with two attached hydrogens (primary N) is 1. The van der Waals surface area contributed by atoms with Crippen LogP contribution in [0.4, 0.5) is 5.82 Å². The van der Waals surface area contributed by atoms with Crippen LogP contribution in [0.1, 0.15) is 30.1 Å². The van der Waals surface area contributed by atoms with E-state index < -0.39 is 0 Å². The number of nitrogens with zero attached hydrogens (tertiary/aromatic N) is 2. The van der Waals surface area contributed by atoms with E-state index in [9.17, 15) is 9.59 Å². The molecule has 0 spiro atoms. The molecule has 2 aliphatic rings. The molecule has 1 aliphatic heterocycles. The Morgan fingerprint density at radius 2 is 2.36 bits per heavy atom. The van der Waals surface area contributed by atoms with E-state index in [1.165, 1.54) is 6.20 Å². The third-order valence-corrected chi connectivity index (χ3v) is 5.20. The minimum Gasteiger partial charge on any atom is -0.379 e. The van der Waals surface area contributed by atoms with Crippen molar-refractivity contribution in [1.82, 2.24) is 4.98 Å². The fourth-order valence-corrected chi connectivity index (χ4v) is 3.85. The molecule has 2 atom stereocenters. The molecule has 3 rings (SSSR count). The first-order valence-corrected chi connectivity index (χ1v) is 8.92. The molecule has 1 amide bonds. The van der Waals surface area contributed by atoms with Gasteiger partial charge in [0.1, 0.15) is 0 Å². The molecule has 7 heteroatoms. The second kappa shape index (κ2) is 7.11. The monoisotopic (exact) mass is 354 g/mol. The van der Waals surface area contributed by atoms with Crippen LogP contribution in [-0.4, -0.2) is 33.6 Å². The SMILES string of the molecule is CC1(C2C=CC(C(=O)Nc3c#cc(C=O)cn3)=CC2)CCSC(N)=N1. The van der Waals surface area contributed by atoms with Crippen LogP contribution < -0.4 is 11.1 Å². The van der Waals surface area contributed by atoms with Crippen LogP contribution >= 0.6 is 11.8 Å². The van der Waals surface area contributed by atoms with Crippen LogP contribution in [0.15, 0.2) is 35.0 Å². The van der Waals surface area contributed by atoms with Crippen molar-refractivity contribution in [3.63, 3.8) is 0 Å². The molecule has 25 heavy (non-hydrogen) atoms. The molecule has 0 radical (unpaired) electrons. The second-order valence-corrected chi connectivity index (χ2v) is 7.27. The number of amides is 1. The lowest BCUT2D eigenvalue weighted by Crippen LogP contribution is -2.38. The fourth-order valence-electron chi connectivity index (χ4n) is 2.85. The first kappa shape index (κ1) is 17.2. The number of aldehydes is 1. The summed E-state index contributed by atoms with van der Waals surface area (Å²) in [6, 6.07) is 5.26. The summed E-state index contributed by atoms with van der Waals surface area (Å²) in [5.74, 6) is 1.15. The van der Waals surface area contributed by atoms with Crippen molar-refractivity contribution >= 4 is 34.9 Å². The molecule has 0 fully saturated rings. The highest BCUT2D eigenvalue weighted by atomic mass is 32.2.